The van der Waals surface area contributed by atoms with E-state index in [0.717, 1.165) is 24.0 Å². The highest BCUT2D eigenvalue weighted by atomic mass is 16.5. The number of carbonyl (C=O) groups excluding carboxylic acids is 3. The van der Waals surface area contributed by atoms with Crippen LogP contribution in [0.1, 0.15) is 44.7 Å². The van der Waals surface area contributed by atoms with Crippen molar-refractivity contribution >= 4 is 17.8 Å². The van der Waals surface area contributed by atoms with E-state index in [-0.39, 0.29) is 43.8 Å². The molecule has 0 aromatic heterocycles. The van der Waals surface area contributed by atoms with Crippen molar-refractivity contribution in [2.45, 2.75) is 32.2 Å². The molecule has 3 aliphatic heterocycles. The van der Waals surface area contributed by atoms with E-state index in [0.29, 0.717) is 35.7 Å². The van der Waals surface area contributed by atoms with Gasteiger partial charge in [0.15, 0.2) is 6.61 Å². The Morgan fingerprint density at radius 2 is 1.48 bits per heavy atom. The average Bonchev–Trinajstić information content (AvgIpc) is 3.34. The maximum atomic E-state index is 12.5. The molecule has 2 aromatic carbocycles. The molecule has 0 saturated carbocycles. The molecule has 2 aromatic rings. The predicted molar refractivity (Wildman–Crippen MR) is 107 cm³/mol. The Kier molecular flexibility index (Phi) is 4.97. The minimum atomic E-state index is -0.329. The fourth-order valence-corrected chi connectivity index (χ4v) is 4.03. The number of amides is 1. The molecule has 1 saturated heterocycles. The molecule has 3 aliphatic rings. The summed E-state index contributed by atoms with van der Waals surface area (Å²) < 4.78 is 21.7. The summed E-state index contributed by atoms with van der Waals surface area (Å²) in [6.45, 7) is 1.64. The highest BCUT2D eigenvalue weighted by Crippen LogP contribution is 2.27. The third-order valence-corrected chi connectivity index (χ3v) is 5.77. The van der Waals surface area contributed by atoms with Crippen molar-refractivity contribution in [3.63, 3.8) is 0 Å². The molecule has 0 spiro atoms. The van der Waals surface area contributed by atoms with E-state index in [9.17, 15) is 14.4 Å². The van der Waals surface area contributed by atoms with Crippen LogP contribution in [0.5, 0.6) is 11.5 Å². The first-order valence-corrected chi connectivity index (χ1v) is 10.2. The van der Waals surface area contributed by atoms with Gasteiger partial charge in [-0.1, -0.05) is 0 Å². The number of benzene rings is 2. The summed E-state index contributed by atoms with van der Waals surface area (Å²) in [5.74, 6) is 0.549. The van der Waals surface area contributed by atoms with Crippen molar-refractivity contribution in [3.8, 4) is 11.5 Å². The highest BCUT2D eigenvalue weighted by Gasteiger charge is 2.26. The van der Waals surface area contributed by atoms with Gasteiger partial charge in [-0.15, -0.1) is 0 Å². The van der Waals surface area contributed by atoms with Crippen LogP contribution in [0, 0.1) is 0 Å². The molecular formula is C23H21NO7. The summed E-state index contributed by atoms with van der Waals surface area (Å²) in [7, 11) is 0. The number of fused-ring (bicyclic) bond motifs is 2. The smallest absolute Gasteiger partial charge is 0.338 e. The van der Waals surface area contributed by atoms with Crippen molar-refractivity contribution in [1.82, 2.24) is 4.90 Å². The topological polar surface area (TPSA) is 91.4 Å². The SMILES string of the molecule is O=C1OCc2cc(OCC(=O)N3CCC(Oc4ccc5c(c4)COC5=O)CC3)ccc21. The van der Waals surface area contributed by atoms with E-state index >= 15 is 0 Å². The molecule has 0 bridgehead atoms. The molecule has 0 unspecified atom stereocenters. The summed E-state index contributed by atoms with van der Waals surface area (Å²) in [6.07, 6.45) is 1.45. The summed E-state index contributed by atoms with van der Waals surface area (Å²) in [5, 5.41) is 0. The fraction of sp³-hybridized carbons (Fsp3) is 0.348. The van der Waals surface area contributed by atoms with Crippen molar-refractivity contribution in [1.29, 1.82) is 0 Å². The summed E-state index contributed by atoms with van der Waals surface area (Å²) in [5.41, 5.74) is 2.75. The lowest BCUT2D eigenvalue weighted by atomic mass is 10.1. The van der Waals surface area contributed by atoms with Crippen LogP contribution in [-0.2, 0) is 27.5 Å². The van der Waals surface area contributed by atoms with Crippen LogP contribution in [0.15, 0.2) is 36.4 Å². The lowest BCUT2D eigenvalue weighted by molar-refractivity contribution is -0.135. The Balaban J connectivity index is 1.10. The van der Waals surface area contributed by atoms with Gasteiger partial charge in [0.05, 0.1) is 11.1 Å². The van der Waals surface area contributed by atoms with Crippen molar-refractivity contribution in [3.05, 3.63) is 58.7 Å². The van der Waals surface area contributed by atoms with Crippen molar-refractivity contribution in [2.75, 3.05) is 19.7 Å². The molecule has 8 nitrogen and oxygen atoms in total. The number of carbonyl (C=O) groups is 3. The Bertz CT molecular complexity index is 1060. The Labute approximate surface area is 178 Å². The third-order valence-electron chi connectivity index (χ3n) is 5.77. The highest BCUT2D eigenvalue weighted by molar-refractivity contribution is 5.94. The zero-order chi connectivity index (χ0) is 21.4. The standard InChI is InChI=1S/C23H21NO7/c25-21(13-28-17-1-3-19-14(9-17)11-29-22(19)26)24-7-5-16(6-8-24)31-18-2-4-20-15(10-18)12-30-23(20)27/h1-4,9-10,16H,5-8,11-13H2. The third kappa shape index (κ3) is 3.93. The molecule has 0 radical (unpaired) electrons. The van der Waals surface area contributed by atoms with Gasteiger partial charge in [-0.05, 0) is 36.4 Å². The molecule has 31 heavy (non-hydrogen) atoms. The van der Waals surface area contributed by atoms with Crippen LogP contribution in [0.4, 0.5) is 0 Å². The van der Waals surface area contributed by atoms with E-state index in [1.165, 1.54) is 0 Å². The number of esters is 2. The van der Waals surface area contributed by atoms with Crippen molar-refractivity contribution < 1.29 is 33.3 Å². The molecule has 1 amide bonds. The average molecular weight is 423 g/mol. The Morgan fingerprint density at radius 1 is 0.903 bits per heavy atom. The van der Waals surface area contributed by atoms with Crippen LogP contribution in [0.25, 0.3) is 0 Å². The number of ether oxygens (including phenoxy) is 4. The van der Waals surface area contributed by atoms with Gasteiger partial charge in [0.25, 0.3) is 5.91 Å². The predicted octanol–water partition coefficient (Wildman–Crippen LogP) is 2.48. The van der Waals surface area contributed by atoms with Crippen LogP contribution < -0.4 is 9.47 Å². The zero-order valence-corrected chi connectivity index (χ0v) is 16.8. The first kappa shape index (κ1) is 19.4. The van der Waals surface area contributed by atoms with Gasteiger partial charge in [-0.25, -0.2) is 9.59 Å². The number of cyclic esters (lactones) is 2. The van der Waals surface area contributed by atoms with Gasteiger partial charge >= 0.3 is 11.9 Å². The molecular weight excluding hydrogens is 402 g/mol. The maximum Gasteiger partial charge on any atom is 0.338 e. The molecule has 160 valence electrons. The number of hydrogen-bond acceptors (Lipinski definition) is 7. The van der Waals surface area contributed by atoms with E-state index in [4.69, 9.17) is 18.9 Å². The number of nitrogens with zero attached hydrogens (tertiary/aromatic N) is 1. The molecule has 5 rings (SSSR count). The maximum absolute atomic E-state index is 12.5. The molecule has 0 N–H and O–H groups in total. The number of likely N-dealkylation sites (tertiary alicyclic amines) is 1. The first-order chi connectivity index (χ1) is 15.1. The second-order valence-electron chi connectivity index (χ2n) is 7.78. The number of hydrogen-bond donors (Lipinski definition) is 0. The molecule has 3 heterocycles. The largest absolute Gasteiger partial charge is 0.490 e. The van der Waals surface area contributed by atoms with E-state index < -0.39 is 0 Å². The summed E-state index contributed by atoms with van der Waals surface area (Å²) >= 11 is 0. The second-order valence-corrected chi connectivity index (χ2v) is 7.78. The quantitative estimate of drug-likeness (QED) is 0.683. The Hall–Kier alpha value is -3.55. The van der Waals surface area contributed by atoms with Crippen LogP contribution in [0.2, 0.25) is 0 Å². The normalized spacial score (nSPS) is 17.6. The minimum Gasteiger partial charge on any atom is -0.490 e. The van der Waals surface area contributed by atoms with Gasteiger partial charge in [0, 0.05) is 37.1 Å². The van der Waals surface area contributed by atoms with E-state index in [2.05, 4.69) is 0 Å². The van der Waals surface area contributed by atoms with Crippen LogP contribution in [0.3, 0.4) is 0 Å². The van der Waals surface area contributed by atoms with Crippen molar-refractivity contribution in [2.24, 2.45) is 0 Å². The second kappa shape index (κ2) is 7.94. The van der Waals surface area contributed by atoms with Crippen LogP contribution >= 0.6 is 0 Å². The van der Waals surface area contributed by atoms with E-state index in [1.54, 1.807) is 35.2 Å². The fourth-order valence-electron chi connectivity index (χ4n) is 4.03. The van der Waals surface area contributed by atoms with Gasteiger partial charge in [0.1, 0.15) is 30.8 Å². The molecule has 8 heteroatoms. The lowest BCUT2D eigenvalue weighted by Gasteiger charge is -2.32. The zero-order valence-electron chi connectivity index (χ0n) is 16.8. The first-order valence-electron chi connectivity index (χ1n) is 10.2. The minimum absolute atomic E-state index is 0.00953. The van der Waals surface area contributed by atoms with Gasteiger partial charge in [-0.3, -0.25) is 4.79 Å². The monoisotopic (exact) mass is 423 g/mol. The Morgan fingerprint density at radius 3 is 2.13 bits per heavy atom. The van der Waals surface area contributed by atoms with Crippen LogP contribution in [-0.4, -0.2) is 48.5 Å². The van der Waals surface area contributed by atoms with Gasteiger partial charge in [-0.2, -0.15) is 0 Å². The molecule has 1 fully saturated rings. The van der Waals surface area contributed by atoms with E-state index in [1.807, 2.05) is 6.07 Å². The number of piperidine rings is 1. The lowest BCUT2D eigenvalue weighted by Crippen LogP contribution is -2.43. The number of rotatable bonds is 5. The summed E-state index contributed by atoms with van der Waals surface area (Å²) in [4.78, 5) is 37.3. The summed E-state index contributed by atoms with van der Waals surface area (Å²) in [6, 6.07) is 10.4. The van der Waals surface area contributed by atoms with Gasteiger partial charge < -0.3 is 23.8 Å². The molecule has 0 atom stereocenters. The van der Waals surface area contributed by atoms with Gasteiger partial charge in [0.2, 0.25) is 0 Å². The molecule has 0 aliphatic carbocycles.